The number of carbonyl (C=O) groups is 1. The summed E-state index contributed by atoms with van der Waals surface area (Å²) in [6.07, 6.45) is 0. The Hall–Kier alpha value is -2.84. The molecule has 158 valence electrons. The Labute approximate surface area is 180 Å². The Bertz CT molecular complexity index is 962. The molecule has 3 aromatic rings. The van der Waals surface area contributed by atoms with Crippen LogP contribution in [0.1, 0.15) is 18.3 Å². The zero-order valence-electron chi connectivity index (χ0n) is 17.4. The molecule has 0 aliphatic rings. The molecule has 1 amide bonds. The highest BCUT2D eigenvalue weighted by atomic mass is 32.2. The van der Waals surface area contributed by atoms with Crippen molar-refractivity contribution < 1.29 is 14.3 Å². The van der Waals surface area contributed by atoms with Crippen molar-refractivity contribution in [3.8, 4) is 11.4 Å². The fourth-order valence-electron chi connectivity index (χ4n) is 2.92. The molecule has 0 saturated carbocycles. The van der Waals surface area contributed by atoms with E-state index >= 15 is 0 Å². The number of amides is 1. The van der Waals surface area contributed by atoms with Crippen LogP contribution in [0.3, 0.4) is 0 Å². The van der Waals surface area contributed by atoms with E-state index in [-0.39, 0.29) is 24.3 Å². The number of hydrogen-bond acceptors (Lipinski definition) is 6. The molecule has 1 heterocycles. The number of aromatic nitrogens is 3. The van der Waals surface area contributed by atoms with Crippen LogP contribution in [0.5, 0.6) is 5.75 Å². The first-order chi connectivity index (χ1) is 14.6. The number of nitrogens with one attached hydrogen (secondary N) is 1. The number of benzene rings is 2. The van der Waals surface area contributed by atoms with Crippen LogP contribution in [-0.4, -0.2) is 46.2 Å². The number of rotatable bonds is 10. The maximum atomic E-state index is 12.2. The van der Waals surface area contributed by atoms with Gasteiger partial charge in [0.05, 0.1) is 12.4 Å². The van der Waals surface area contributed by atoms with Crippen LogP contribution in [0.15, 0.2) is 59.8 Å². The largest absolute Gasteiger partial charge is 0.485 e. The maximum absolute atomic E-state index is 12.2. The lowest BCUT2D eigenvalue weighted by Crippen LogP contribution is -2.36. The molecule has 0 saturated heterocycles. The van der Waals surface area contributed by atoms with Gasteiger partial charge in [0, 0.05) is 18.8 Å². The van der Waals surface area contributed by atoms with Gasteiger partial charge in [-0.15, -0.1) is 10.2 Å². The van der Waals surface area contributed by atoms with Crippen molar-refractivity contribution in [3.05, 3.63) is 66.0 Å². The third-order valence-corrected chi connectivity index (χ3v) is 5.25. The fraction of sp³-hybridized carbons (Fsp3) is 0.318. The van der Waals surface area contributed by atoms with E-state index in [9.17, 15) is 4.79 Å². The van der Waals surface area contributed by atoms with Gasteiger partial charge in [-0.25, -0.2) is 0 Å². The highest BCUT2D eigenvalue weighted by Gasteiger charge is 2.17. The maximum Gasteiger partial charge on any atom is 0.230 e. The molecule has 1 N–H and O–H groups in total. The SMILES string of the molecule is COCC(C)NC(=O)CSc1nnc(COc2ccccc2C)n1-c1ccccc1. The smallest absolute Gasteiger partial charge is 0.230 e. The standard InChI is InChI=1S/C22H26N4O3S/c1-16-9-7-8-12-19(16)29-14-20-24-25-22(26(20)18-10-5-4-6-11-18)30-15-21(27)23-17(2)13-28-3/h4-12,17H,13-15H2,1-3H3,(H,23,27). The minimum Gasteiger partial charge on any atom is -0.485 e. The lowest BCUT2D eigenvalue weighted by Gasteiger charge is -2.13. The summed E-state index contributed by atoms with van der Waals surface area (Å²) in [6, 6.07) is 17.6. The van der Waals surface area contributed by atoms with Gasteiger partial charge in [0.25, 0.3) is 0 Å². The van der Waals surface area contributed by atoms with Crippen molar-refractivity contribution in [1.29, 1.82) is 0 Å². The van der Waals surface area contributed by atoms with Crippen LogP contribution >= 0.6 is 11.8 Å². The molecule has 7 nitrogen and oxygen atoms in total. The molecule has 0 aliphatic heterocycles. The molecule has 0 radical (unpaired) electrons. The van der Waals surface area contributed by atoms with Gasteiger partial charge in [-0.3, -0.25) is 9.36 Å². The Morgan fingerprint density at radius 2 is 1.87 bits per heavy atom. The van der Waals surface area contributed by atoms with Crippen molar-refractivity contribution in [2.45, 2.75) is 31.7 Å². The number of nitrogens with zero attached hydrogens (tertiary/aromatic N) is 3. The van der Waals surface area contributed by atoms with Crippen LogP contribution in [0.4, 0.5) is 0 Å². The average Bonchev–Trinajstić information content (AvgIpc) is 3.15. The summed E-state index contributed by atoms with van der Waals surface area (Å²) in [4.78, 5) is 12.2. The molecule has 0 aliphatic carbocycles. The van der Waals surface area contributed by atoms with Crippen LogP contribution in [0.25, 0.3) is 5.69 Å². The molecular formula is C22H26N4O3S. The Kier molecular flexibility index (Phi) is 7.87. The number of ether oxygens (including phenoxy) is 2. The predicted molar refractivity (Wildman–Crippen MR) is 117 cm³/mol. The summed E-state index contributed by atoms with van der Waals surface area (Å²) in [7, 11) is 1.61. The fourth-order valence-corrected chi connectivity index (χ4v) is 3.70. The second-order valence-electron chi connectivity index (χ2n) is 6.84. The van der Waals surface area contributed by atoms with E-state index in [0.29, 0.717) is 17.6 Å². The number of hydrogen-bond donors (Lipinski definition) is 1. The van der Waals surface area contributed by atoms with E-state index in [4.69, 9.17) is 9.47 Å². The van der Waals surface area contributed by atoms with Gasteiger partial charge in [-0.05, 0) is 37.6 Å². The summed E-state index contributed by atoms with van der Waals surface area (Å²) in [5, 5.41) is 12.2. The van der Waals surface area contributed by atoms with E-state index in [1.54, 1.807) is 7.11 Å². The highest BCUT2D eigenvalue weighted by molar-refractivity contribution is 7.99. The van der Waals surface area contributed by atoms with Crippen molar-refractivity contribution in [3.63, 3.8) is 0 Å². The average molecular weight is 427 g/mol. The molecule has 2 aromatic carbocycles. The minimum absolute atomic E-state index is 0.0480. The predicted octanol–water partition coefficient (Wildman–Crippen LogP) is 3.40. The highest BCUT2D eigenvalue weighted by Crippen LogP contribution is 2.24. The lowest BCUT2D eigenvalue weighted by molar-refractivity contribution is -0.119. The quantitative estimate of drug-likeness (QED) is 0.501. The normalized spacial score (nSPS) is 11.8. The number of methoxy groups -OCH3 is 1. The van der Waals surface area contributed by atoms with Gasteiger partial charge in [-0.2, -0.15) is 0 Å². The summed E-state index contributed by atoms with van der Waals surface area (Å²) in [5.74, 6) is 1.63. The van der Waals surface area contributed by atoms with Crippen molar-refractivity contribution in [2.24, 2.45) is 0 Å². The first kappa shape index (κ1) is 21.9. The lowest BCUT2D eigenvalue weighted by atomic mass is 10.2. The summed E-state index contributed by atoms with van der Waals surface area (Å²) < 4.78 is 13.0. The molecule has 0 spiro atoms. The van der Waals surface area contributed by atoms with Crippen LogP contribution in [0, 0.1) is 6.92 Å². The van der Waals surface area contributed by atoms with E-state index in [1.165, 1.54) is 11.8 Å². The van der Waals surface area contributed by atoms with Gasteiger partial charge in [0.2, 0.25) is 5.91 Å². The van der Waals surface area contributed by atoms with Crippen molar-refractivity contribution >= 4 is 17.7 Å². The molecule has 0 bridgehead atoms. The van der Waals surface area contributed by atoms with Gasteiger partial charge in [0.15, 0.2) is 11.0 Å². The van der Waals surface area contributed by atoms with Gasteiger partial charge < -0.3 is 14.8 Å². The topological polar surface area (TPSA) is 78.3 Å². The molecule has 30 heavy (non-hydrogen) atoms. The number of carbonyl (C=O) groups excluding carboxylic acids is 1. The Morgan fingerprint density at radius 3 is 2.60 bits per heavy atom. The Morgan fingerprint density at radius 1 is 1.13 bits per heavy atom. The monoisotopic (exact) mass is 426 g/mol. The van der Waals surface area contributed by atoms with E-state index < -0.39 is 0 Å². The summed E-state index contributed by atoms with van der Waals surface area (Å²) in [6.45, 7) is 4.64. The zero-order chi connectivity index (χ0) is 21.3. The van der Waals surface area contributed by atoms with Crippen molar-refractivity contribution in [1.82, 2.24) is 20.1 Å². The number of aryl methyl sites for hydroxylation is 1. The third-order valence-electron chi connectivity index (χ3n) is 4.32. The van der Waals surface area contributed by atoms with Gasteiger partial charge in [-0.1, -0.05) is 48.2 Å². The summed E-state index contributed by atoms with van der Waals surface area (Å²) >= 11 is 1.34. The van der Waals surface area contributed by atoms with Crippen molar-refractivity contribution in [2.75, 3.05) is 19.5 Å². The molecular weight excluding hydrogens is 400 g/mol. The zero-order valence-corrected chi connectivity index (χ0v) is 18.2. The van der Waals surface area contributed by atoms with Gasteiger partial charge >= 0.3 is 0 Å². The minimum atomic E-state index is -0.0788. The third kappa shape index (κ3) is 5.84. The van der Waals surface area contributed by atoms with Crippen LogP contribution < -0.4 is 10.1 Å². The number of para-hydroxylation sites is 2. The second-order valence-corrected chi connectivity index (χ2v) is 7.78. The molecule has 1 unspecified atom stereocenters. The first-order valence-corrected chi connectivity index (χ1v) is 10.7. The van der Waals surface area contributed by atoms with Crippen LogP contribution in [-0.2, 0) is 16.1 Å². The Balaban J connectivity index is 1.75. The van der Waals surface area contributed by atoms with Gasteiger partial charge in [0.1, 0.15) is 12.4 Å². The molecule has 0 fully saturated rings. The van der Waals surface area contributed by atoms with Crippen LogP contribution in [0.2, 0.25) is 0 Å². The summed E-state index contributed by atoms with van der Waals surface area (Å²) in [5.41, 5.74) is 1.97. The molecule has 8 heteroatoms. The van der Waals surface area contributed by atoms with E-state index in [1.807, 2.05) is 73.0 Å². The molecule has 1 aromatic heterocycles. The second kappa shape index (κ2) is 10.8. The number of thioether (sulfide) groups is 1. The van der Waals surface area contributed by atoms with E-state index in [2.05, 4.69) is 15.5 Å². The molecule has 3 rings (SSSR count). The van der Waals surface area contributed by atoms with E-state index in [0.717, 1.165) is 17.0 Å². The molecule has 1 atom stereocenters. The first-order valence-electron chi connectivity index (χ1n) is 9.67.